The Morgan fingerprint density at radius 3 is 0.840 bits per heavy atom. The van der Waals surface area contributed by atoms with Crippen molar-refractivity contribution in [1.82, 2.24) is 0 Å². The van der Waals surface area contributed by atoms with Crippen molar-refractivity contribution in [3.8, 4) is 0 Å². The van der Waals surface area contributed by atoms with Gasteiger partial charge in [-0.2, -0.15) is 0 Å². The van der Waals surface area contributed by atoms with E-state index in [1.54, 1.807) is 0 Å². The third kappa shape index (κ3) is 51.7. The topological polar surface area (TPSA) is 120 Å². The molecule has 7 heteroatoms. The number of carbonyl (C=O) groups is 3. The van der Waals surface area contributed by atoms with Crippen LogP contribution in [0.25, 0.3) is 0 Å². The maximum atomic E-state index is 9.76. The van der Waals surface area contributed by atoms with Gasteiger partial charge in [-0.25, -0.2) is 0 Å². The average Bonchev–Trinajstić information content (AvgIpc) is 2.48. The fourth-order valence-corrected chi connectivity index (χ4v) is 1.56. The predicted molar refractivity (Wildman–Crippen MR) is 87.4 cm³/mol. The van der Waals surface area contributed by atoms with Crippen LogP contribution in [0.15, 0.2) is 0 Å². The molecular weight excluding hydrogens is 413 g/mol. The van der Waals surface area contributed by atoms with Crippen LogP contribution in [-0.4, -0.2) is 17.9 Å². The van der Waals surface area contributed by atoms with E-state index in [0.29, 0.717) is 0 Å². The molecule has 0 fully saturated rings. The SMILES string of the molecule is CCCCCC(=O)[O-].CCCCCC(=O)[O-].CCCCCC(=O)[O-].[Ru+3]. The molecule has 0 N–H and O–H groups in total. The number of hydrogen-bond acceptors (Lipinski definition) is 6. The van der Waals surface area contributed by atoms with Gasteiger partial charge in [-0.15, -0.1) is 0 Å². The number of carboxylic acid groups (broad SMARTS) is 3. The summed E-state index contributed by atoms with van der Waals surface area (Å²) in [5.74, 6) is -2.80. The standard InChI is InChI=1S/3C6H12O2.Ru/c3*1-2-3-4-5-6(7)8;/h3*2-5H2,1H3,(H,7,8);/q;;;+3/p-3. The van der Waals surface area contributed by atoms with E-state index in [1.165, 1.54) is 0 Å². The molecule has 0 amide bonds. The van der Waals surface area contributed by atoms with E-state index in [4.69, 9.17) is 0 Å². The van der Waals surface area contributed by atoms with E-state index in [2.05, 4.69) is 0 Å². The Kier molecular flexibility index (Phi) is 35.4. The third-order valence-electron chi connectivity index (χ3n) is 2.95. The van der Waals surface area contributed by atoms with Gasteiger partial charge in [0.15, 0.2) is 0 Å². The minimum absolute atomic E-state index is 0. The number of carboxylic acids is 3. The van der Waals surface area contributed by atoms with E-state index in [0.717, 1.165) is 57.8 Å². The molecule has 0 aromatic rings. The quantitative estimate of drug-likeness (QED) is 0.325. The summed E-state index contributed by atoms with van der Waals surface area (Å²) in [6.07, 6.45) is 9.11. The Labute approximate surface area is 165 Å². The van der Waals surface area contributed by atoms with E-state index < -0.39 is 17.9 Å². The summed E-state index contributed by atoms with van der Waals surface area (Å²) in [6, 6.07) is 0. The summed E-state index contributed by atoms with van der Waals surface area (Å²) in [7, 11) is 0. The molecule has 0 aliphatic carbocycles. The molecule has 0 aromatic carbocycles. The first-order valence-corrected chi connectivity index (χ1v) is 8.91. The summed E-state index contributed by atoms with van der Waals surface area (Å²) < 4.78 is 0. The van der Waals surface area contributed by atoms with Gasteiger partial charge in [-0.05, 0) is 38.5 Å². The largest absolute Gasteiger partial charge is 3.00 e. The third-order valence-corrected chi connectivity index (χ3v) is 2.95. The van der Waals surface area contributed by atoms with Gasteiger partial charge in [0.25, 0.3) is 0 Å². The fraction of sp³-hybridized carbons (Fsp3) is 0.833. The molecule has 0 saturated carbocycles. The molecule has 0 atom stereocenters. The summed E-state index contributed by atoms with van der Waals surface area (Å²) in [4.78, 5) is 29.3. The van der Waals surface area contributed by atoms with Crippen molar-refractivity contribution in [1.29, 1.82) is 0 Å². The summed E-state index contributed by atoms with van der Waals surface area (Å²) in [5, 5.41) is 29.3. The van der Waals surface area contributed by atoms with Crippen LogP contribution < -0.4 is 15.3 Å². The van der Waals surface area contributed by atoms with Crippen LogP contribution in [-0.2, 0) is 33.9 Å². The summed E-state index contributed by atoms with van der Waals surface area (Å²) >= 11 is 0. The second kappa shape index (κ2) is 27.9. The molecule has 0 unspecified atom stereocenters. The van der Waals surface area contributed by atoms with Crippen LogP contribution in [0.5, 0.6) is 0 Å². The van der Waals surface area contributed by atoms with Gasteiger partial charge < -0.3 is 29.7 Å². The molecule has 25 heavy (non-hydrogen) atoms. The first-order valence-electron chi connectivity index (χ1n) is 8.91. The van der Waals surface area contributed by atoms with Crippen molar-refractivity contribution in [2.75, 3.05) is 0 Å². The predicted octanol–water partition coefficient (Wildman–Crippen LogP) is 0.947. The molecule has 0 saturated heterocycles. The van der Waals surface area contributed by atoms with Crippen molar-refractivity contribution < 1.29 is 49.2 Å². The molecular formula is C18H33O6Ru. The zero-order chi connectivity index (χ0) is 19.2. The Hall–Kier alpha value is -0.967. The van der Waals surface area contributed by atoms with Gasteiger partial charge >= 0.3 is 19.5 Å². The van der Waals surface area contributed by atoms with Crippen LogP contribution in [0.1, 0.15) is 97.8 Å². The van der Waals surface area contributed by atoms with Crippen LogP contribution in [0.4, 0.5) is 0 Å². The summed E-state index contributed by atoms with van der Waals surface area (Å²) in [6.45, 7) is 6.11. The van der Waals surface area contributed by atoms with Crippen LogP contribution in [0.3, 0.4) is 0 Å². The van der Waals surface area contributed by atoms with Gasteiger partial charge in [0.1, 0.15) is 0 Å². The Balaban J connectivity index is -0.000000130. The Bertz CT molecular complexity index is 260. The molecule has 0 aliphatic rings. The summed E-state index contributed by atoms with van der Waals surface area (Å²) in [5.41, 5.74) is 0. The van der Waals surface area contributed by atoms with E-state index >= 15 is 0 Å². The number of aliphatic carboxylic acids is 3. The first-order chi connectivity index (χ1) is 11.3. The fourth-order valence-electron chi connectivity index (χ4n) is 1.56. The number of rotatable bonds is 12. The zero-order valence-electron chi connectivity index (χ0n) is 15.8. The van der Waals surface area contributed by atoms with Gasteiger partial charge in [0.2, 0.25) is 0 Å². The van der Waals surface area contributed by atoms with E-state index in [-0.39, 0.29) is 38.7 Å². The van der Waals surface area contributed by atoms with Crippen molar-refractivity contribution in [2.24, 2.45) is 0 Å². The second-order valence-corrected chi connectivity index (χ2v) is 5.49. The molecule has 0 aromatic heterocycles. The monoisotopic (exact) mass is 447 g/mol. The minimum atomic E-state index is -0.932. The van der Waals surface area contributed by atoms with Crippen molar-refractivity contribution in [3.05, 3.63) is 0 Å². The molecule has 0 spiro atoms. The molecule has 1 radical (unpaired) electrons. The first kappa shape index (κ1) is 31.8. The zero-order valence-corrected chi connectivity index (χ0v) is 17.5. The maximum absolute atomic E-state index is 9.76. The smallest absolute Gasteiger partial charge is 0.550 e. The van der Waals surface area contributed by atoms with Crippen molar-refractivity contribution in [3.63, 3.8) is 0 Å². The minimum Gasteiger partial charge on any atom is -0.550 e. The molecule has 0 rings (SSSR count). The Morgan fingerprint density at radius 1 is 0.520 bits per heavy atom. The van der Waals surface area contributed by atoms with Crippen LogP contribution in [0.2, 0.25) is 0 Å². The molecule has 0 bridgehead atoms. The van der Waals surface area contributed by atoms with Crippen molar-refractivity contribution in [2.45, 2.75) is 97.8 Å². The van der Waals surface area contributed by atoms with E-state index in [9.17, 15) is 29.7 Å². The number of unbranched alkanes of at least 4 members (excludes halogenated alkanes) is 6. The van der Waals surface area contributed by atoms with Gasteiger partial charge in [-0.1, -0.05) is 59.3 Å². The molecule has 149 valence electrons. The number of carbonyl (C=O) groups excluding carboxylic acids is 3. The van der Waals surface area contributed by atoms with Gasteiger partial charge in [0, 0.05) is 17.9 Å². The molecule has 0 heterocycles. The van der Waals surface area contributed by atoms with Gasteiger partial charge in [0.05, 0.1) is 0 Å². The molecule has 0 aliphatic heterocycles. The van der Waals surface area contributed by atoms with Gasteiger partial charge in [-0.3, -0.25) is 0 Å². The average molecular weight is 447 g/mol. The molecule has 6 nitrogen and oxygen atoms in total. The number of hydrogen-bond donors (Lipinski definition) is 0. The maximum Gasteiger partial charge on any atom is 3.00 e. The van der Waals surface area contributed by atoms with Crippen LogP contribution >= 0.6 is 0 Å². The van der Waals surface area contributed by atoms with Crippen molar-refractivity contribution >= 4 is 17.9 Å². The normalized spacial score (nSPS) is 8.76. The van der Waals surface area contributed by atoms with E-state index in [1.807, 2.05) is 20.8 Å². The Morgan fingerprint density at radius 2 is 0.720 bits per heavy atom. The van der Waals surface area contributed by atoms with Crippen LogP contribution in [0, 0.1) is 0 Å². The second-order valence-electron chi connectivity index (χ2n) is 5.49.